The molecule has 0 aliphatic carbocycles. The molecule has 0 saturated carbocycles. The van der Waals surface area contributed by atoms with Crippen LogP contribution in [-0.4, -0.2) is 58.8 Å². The minimum atomic E-state index is -0.463. The zero-order valence-electron chi connectivity index (χ0n) is 17.8. The van der Waals surface area contributed by atoms with Crippen LogP contribution in [0.15, 0.2) is 36.7 Å². The maximum absolute atomic E-state index is 12.7. The average molecular weight is 436 g/mol. The van der Waals surface area contributed by atoms with Crippen LogP contribution in [-0.2, 0) is 23.1 Å². The molecule has 0 spiro atoms. The molecule has 9 heteroatoms. The van der Waals surface area contributed by atoms with E-state index < -0.39 is 6.04 Å². The van der Waals surface area contributed by atoms with Crippen LogP contribution in [0, 0.1) is 0 Å². The van der Waals surface area contributed by atoms with Crippen molar-refractivity contribution in [1.82, 2.24) is 25.3 Å². The highest BCUT2D eigenvalue weighted by Crippen LogP contribution is 2.15. The highest BCUT2D eigenvalue weighted by molar-refractivity contribution is 5.94. The molecule has 2 amide bonds. The van der Waals surface area contributed by atoms with Crippen LogP contribution in [0.1, 0.15) is 41.4 Å². The Balaban J connectivity index is 0.00000320. The van der Waals surface area contributed by atoms with Crippen LogP contribution in [0.3, 0.4) is 0 Å². The number of likely N-dealkylation sites (N-methyl/N-ethyl adjacent to an activating group) is 1. The van der Waals surface area contributed by atoms with Crippen molar-refractivity contribution in [2.24, 2.45) is 7.05 Å². The Bertz CT molecular complexity index is 845. The Morgan fingerprint density at radius 3 is 2.37 bits per heavy atom. The molecule has 1 aromatic heterocycles. The molecule has 1 aliphatic heterocycles. The maximum Gasteiger partial charge on any atom is 0.254 e. The molecule has 164 valence electrons. The second-order valence-electron chi connectivity index (χ2n) is 7.55. The van der Waals surface area contributed by atoms with Gasteiger partial charge in [0, 0.05) is 44.0 Å². The Labute approximate surface area is 183 Å². The van der Waals surface area contributed by atoms with Gasteiger partial charge >= 0.3 is 0 Å². The first-order chi connectivity index (χ1) is 13.9. The molecule has 0 bridgehead atoms. The van der Waals surface area contributed by atoms with E-state index in [-0.39, 0.29) is 36.4 Å². The number of hydrogen-bond acceptors (Lipinski definition) is 5. The minimum absolute atomic E-state index is 0. The van der Waals surface area contributed by atoms with E-state index in [0.29, 0.717) is 25.2 Å². The normalized spacial score (nSPS) is 19.7. The van der Waals surface area contributed by atoms with E-state index in [1.165, 1.54) is 0 Å². The summed E-state index contributed by atoms with van der Waals surface area (Å²) < 4.78 is 7.36. The summed E-state index contributed by atoms with van der Waals surface area (Å²) in [5.74, 6) is -0.119. The van der Waals surface area contributed by atoms with E-state index in [9.17, 15) is 9.59 Å². The first-order valence-corrected chi connectivity index (χ1v) is 9.84. The lowest BCUT2D eigenvalue weighted by atomic mass is 10.1. The van der Waals surface area contributed by atoms with Crippen molar-refractivity contribution in [2.45, 2.75) is 38.6 Å². The fourth-order valence-corrected chi connectivity index (χ4v) is 3.62. The number of aryl methyl sites for hydroxylation is 1. The van der Waals surface area contributed by atoms with Crippen LogP contribution < -0.4 is 10.6 Å². The fourth-order valence-electron chi connectivity index (χ4n) is 3.62. The predicted octanol–water partition coefficient (Wildman–Crippen LogP) is 1.67. The highest BCUT2D eigenvalue weighted by atomic mass is 35.5. The van der Waals surface area contributed by atoms with Gasteiger partial charge in [0.25, 0.3) is 5.91 Å². The van der Waals surface area contributed by atoms with Crippen LogP contribution in [0.5, 0.6) is 0 Å². The summed E-state index contributed by atoms with van der Waals surface area (Å²) in [4.78, 5) is 27.1. The second-order valence-corrected chi connectivity index (χ2v) is 7.55. The third kappa shape index (κ3) is 5.81. The first kappa shape index (κ1) is 23.9. The smallest absolute Gasteiger partial charge is 0.254 e. The van der Waals surface area contributed by atoms with Gasteiger partial charge in [-0.25, -0.2) is 0 Å². The van der Waals surface area contributed by atoms with E-state index in [2.05, 4.69) is 15.7 Å². The lowest BCUT2D eigenvalue weighted by molar-refractivity contribution is -0.123. The van der Waals surface area contributed by atoms with Crippen molar-refractivity contribution < 1.29 is 14.3 Å². The molecule has 2 aromatic rings. The largest absolute Gasteiger partial charge is 0.372 e. The summed E-state index contributed by atoms with van der Waals surface area (Å²) in [6.45, 7) is 5.54. The van der Waals surface area contributed by atoms with Gasteiger partial charge in [-0.2, -0.15) is 5.10 Å². The number of hydrogen-bond donors (Lipinski definition) is 2. The topological polar surface area (TPSA) is 88.5 Å². The van der Waals surface area contributed by atoms with E-state index in [0.717, 1.165) is 11.1 Å². The predicted molar refractivity (Wildman–Crippen MR) is 116 cm³/mol. The fraction of sp³-hybridized carbons (Fsp3) is 0.476. The molecule has 3 rings (SSSR count). The number of aromatic nitrogens is 2. The van der Waals surface area contributed by atoms with Gasteiger partial charge in [-0.05, 0) is 38.6 Å². The van der Waals surface area contributed by atoms with Crippen molar-refractivity contribution in [3.8, 4) is 0 Å². The number of halogens is 1. The first-order valence-electron chi connectivity index (χ1n) is 9.84. The Morgan fingerprint density at radius 2 is 1.83 bits per heavy atom. The number of morpholine rings is 1. The number of carbonyl (C=O) groups is 2. The maximum atomic E-state index is 12.7. The number of rotatable bonds is 6. The third-order valence-electron chi connectivity index (χ3n) is 4.98. The average Bonchev–Trinajstić information content (AvgIpc) is 3.12. The molecule has 1 aliphatic rings. The summed E-state index contributed by atoms with van der Waals surface area (Å²) in [5, 5.41) is 10.1. The lowest BCUT2D eigenvalue weighted by Gasteiger charge is -2.35. The molecule has 30 heavy (non-hydrogen) atoms. The van der Waals surface area contributed by atoms with Crippen molar-refractivity contribution in [1.29, 1.82) is 0 Å². The van der Waals surface area contributed by atoms with E-state index in [4.69, 9.17) is 4.74 Å². The molecule has 2 heterocycles. The van der Waals surface area contributed by atoms with Gasteiger partial charge in [0.1, 0.15) is 6.04 Å². The van der Waals surface area contributed by atoms with Crippen molar-refractivity contribution >= 4 is 24.2 Å². The van der Waals surface area contributed by atoms with Crippen molar-refractivity contribution in [3.05, 3.63) is 53.3 Å². The molecular weight excluding hydrogens is 406 g/mol. The number of nitrogens with zero attached hydrogens (tertiary/aromatic N) is 3. The number of benzene rings is 1. The monoisotopic (exact) mass is 435 g/mol. The molecule has 2 N–H and O–H groups in total. The van der Waals surface area contributed by atoms with Crippen molar-refractivity contribution in [3.63, 3.8) is 0 Å². The quantitative estimate of drug-likeness (QED) is 0.720. The summed E-state index contributed by atoms with van der Waals surface area (Å²) in [7, 11) is 3.56. The van der Waals surface area contributed by atoms with Gasteiger partial charge in [0.15, 0.2) is 0 Å². The van der Waals surface area contributed by atoms with Gasteiger partial charge in [-0.3, -0.25) is 14.3 Å². The molecule has 1 fully saturated rings. The standard InChI is InChI=1S/C21H29N5O3.ClH/c1-14-11-26(12-15(2)29-14)21(28)17-7-5-16(6-8-17)9-23-20(27)19(22-3)18-10-24-25(4)13-18;/h5-8,10,13-15,19,22H,9,11-12H2,1-4H3,(H,23,27);1H. The van der Waals surface area contributed by atoms with Gasteiger partial charge < -0.3 is 20.3 Å². The molecule has 3 unspecified atom stereocenters. The number of nitrogens with one attached hydrogen (secondary N) is 2. The number of carbonyl (C=O) groups excluding carboxylic acids is 2. The van der Waals surface area contributed by atoms with E-state index in [1.54, 1.807) is 17.9 Å². The summed E-state index contributed by atoms with van der Waals surface area (Å²) in [6.07, 6.45) is 3.57. The molecule has 3 atom stereocenters. The van der Waals surface area contributed by atoms with E-state index in [1.807, 2.05) is 56.3 Å². The zero-order valence-corrected chi connectivity index (χ0v) is 18.6. The third-order valence-corrected chi connectivity index (χ3v) is 4.98. The summed E-state index contributed by atoms with van der Waals surface area (Å²) in [5.41, 5.74) is 2.38. The van der Waals surface area contributed by atoms with Gasteiger partial charge in [-0.1, -0.05) is 12.1 Å². The van der Waals surface area contributed by atoms with Gasteiger partial charge in [-0.15, -0.1) is 12.4 Å². The SMILES string of the molecule is CNC(C(=O)NCc1ccc(C(=O)N2CC(C)OC(C)C2)cc1)c1cnn(C)c1.Cl. The Kier molecular flexibility index (Phi) is 8.40. The molecule has 0 radical (unpaired) electrons. The van der Waals surface area contributed by atoms with Gasteiger partial charge in [0.05, 0.1) is 18.4 Å². The molecule has 1 aromatic carbocycles. The zero-order chi connectivity index (χ0) is 21.0. The molecule has 1 saturated heterocycles. The van der Waals surface area contributed by atoms with Crippen LogP contribution in [0.2, 0.25) is 0 Å². The Hall–Kier alpha value is -2.42. The lowest BCUT2D eigenvalue weighted by Crippen LogP contribution is -2.48. The number of ether oxygens (including phenoxy) is 1. The Morgan fingerprint density at radius 1 is 1.20 bits per heavy atom. The van der Waals surface area contributed by atoms with Crippen LogP contribution in [0.25, 0.3) is 0 Å². The van der Waals surface area contributed by atoms with E-state index >= 15 is 0 Å². The number of amides is 2. The summed E-state index contributed by atoms with van der Waals surface area (Å²) >= 11 is 0. The minimum Gasteiger partial charge on any atom is -0.372 e. The highest BCUT2D eigenvalue weighted by Gasteiger charge is 2.26. The summed E-state index contributed by atoms with van der Waals surface area (Å²) in [6, 6.07) is 6.91. The molecule has 8 nitrogen and oxygen atoms in total. The second kappa shape index (κ2) is 10.6. The van der Waals surface area contributed by atoms with Crippen LogP contribution in [0.4, 0.5) is 0 Å². The van der Waals surface area contributed by atoms with Gasteiger partial charge in [0.2, 0.25) is 5.91 Å². The van der Waals surface area contributed by atoms with Crippen molar-refractivity contribution in [2.75, 3.05) is 20.1 Å². The van der Waals surface area contributed by atoms with Crippen LogP contribution >= 0.6 is 12.4 Å². The molecular formula is C21H30ClN5O3.